The highest BCUT2D eigenvalue weighted by atomic mass is 19.1. The van der Waals surface area contributed by atoms with Crippen LogP contribution in [0.4, 0.5) is 4.39 Å². The molecule has 3 rings (SSSR count). The second kappa shape index (κ2) is 7.39. The lowest BCUT2D eigenvalue weighted by molar-refractivity contribution is -0.150. The van der Waals surface area contributed by atoms with E-state index >= 15 is 0 Å². The van der Waals surface area contributed by atoms with Gasteiger partial charge in [0.2, 0.25) is 5.78 Å². The van der Waals surface area contributed by atoms with Crippen molar-refractivity contribution in [2.75, 3.05) is 6.61 Å². The molecule has 0 saturated carbocycles. The van der Waals surface area contributed by atoms with Crippen LogP contribution < -0.4 is 9.47 Å². The Morgan fingerprint density at radius 2 is 2.08 bits per heavy atom. The molecule has 0 spiro atoms. The Morgan fingerprint density at radius 1 is 1.27 bits per heavy atom. The van der Waals surface area contributed by atoms with Crippen molar-refractivity contribution in [3.8, 4) is 11.5 Å². The fourth-order valence-corrected chi connectivity index (χ4v) is 2.50. The number of esters is 1. The van der Waals surface area contributed by atoms with Gasteiger partial charge in [-0.1, -0.05) is 12.1 Å². The first-order valence-corrected chi connectivity index (χ1v) is 8.15. The van der Waals surface area contributed by atoms with Gasteiger partial charge in [0.15, 0.2) is 11.9 Å². The summed E-state index contributed by atoms with van der Waals surface area (Å²) < 4.78 is 29.3. The normalized spacial score (nSPS) is 15.3. The molecule has 0 radical (unpaired) electrons. The number of rotatable bonds is 5. The van der Waals surface area contributed by atoms with Crippen molar-refractivity contribution < 1.29 is 28.2 Å². The summed E-state index contributed by atoms with van der Waals surface area (Å²) in [5, 5.41) is 0. The standard InChI is InChI=1S/C20H17FO5/c1-3-24-20(23)12(2)25-15-7-8-16-17(11-15)26-18(19(16)22)10-13-5-4-6-14(21)9-13/h4-12H,3H2,1-2H3/b18-10-. The molecule has 134 valence electrons. The van der Waals surface area contributed by atoms with Gasteiger partial charge < -0.3 is 14.2 Å². The van der Waals surface area contributed by atoms with Gasteiger partial charge in [0.05, 0.1) is 12.2 Å². The largest absolute Gasteiger partial charge is 0.479 e. The van der Waals surface area contributed by atoms with E-state index in [-0.39, 0.29) is 18.1 Å². The third-order valence-corrected chi connectivity index (χ3v) is 3.72. The lowest BCUT2D eigenvalue weighted by atomic mass is 10.1. The van der Waals surface area contributed by atoms with E-state index in [9.17, 15) is 14.0 Å². The van der Waals surface area contributed by atoms with Crippen molar-refractivity contribution >= 4 is 17.8 Å². The average molecular weight is 356 g/mol. The summed E-state index contributed by atoms with van der Waals surface area (Å²) >= 11 is 0. The number of benzene rings is 2. The Morgan fingerprint density at radius 3 is 2.81 bits per heavy atom. The Bertz CT molecular complexity index is 888. The molecule has 0 aromatic heterocycles. The molecule has 0 amide bonds. The maximum atomic E-state index is 13.3. The second-order valence-electron chi connectivity index (χ2n) is 5.66. The van der Waals surface area contributed by atoms with Crippen molar-refractivity contribution in [2.45, 2.75) is 20.0 Å². The van der Waals surface area contributed by atoms with Crippen molar-refractivity contribution in [3.05, 3.63) is 65.2 Å². The number of carbonyl (C=O) groups excluding carboxylic acids is 2. The number of fused-ring (bicyclic) bond motifs is 1. The van der Waals surface area contributed by atoms with E-state index < -0.39 is 17.9 Å². The lowest BCUT2D eigenvalue weighted by Crippen LogP contribution is -2.26. The maximum absolute atomic E-state index is 13.3. The summed E-state index contributed by atoms with van der Waals surface area (Å²) in [5.74, 6) is -0.367. The molecule has 5 nitrogen and oxygen atoms in total. The predicted molar refractivity (Wildman–Crippen MR) is 92.5 cm³/mol. The van der Waals surface area contributed by atoms with Crippen molar-refractivity contribution in [3.63, 3.8) is 0 Å². The highest BCUT2D eigenvalue weighted by Crippen LogP contribution is 2.35. The highest BCUT2D eigenvalue weighted by molar-refractivity contribution is 6.14. The molecule has 1 aliphatic rings. The number of ether oxygens (including phenoxy) is 3. The molecule has 0 fully saturated rings. The van der Waals surface area contributed by atoms with Crippen LogP contribution in [0.1, 0.15) is 29.8 Å². The molecular weight excluding hydrogens is 339 g/mol. The van der Waals surface area contributed by atoms with E-state index in [4.69, 9.17) is 14.2 Å². The van der Waals surface area contributed by atoms with Gasteiger partial charge in [0.25, 0.3) is 0 Å². The molecule has 1 atom stereocenters. The zero-order valence-electron chi connectivity index (χ0n) is 14.3. The summed E-state index contributed by atoms with van der Waals surface area (Å²) in [4.78, 5) is 24.1. The second-order valence-corrected chi connectivity index (χ2v) is 5.66. The van der Waals surface area contributed by atoms with E-state index in [1.807, 2.05) is 0 Å². The monoisotopic (exact) mass is 356 g/mol. The zero-order chi connectivity index (χ0) is 18.7. The molecule has 0 saturated heterocycles. The number of ketones is 1. The molecule has 1 aliphatic heterocycles. The molecule has 26 heavy (non-hydrogen) atoms. The van der Waals surface area contributed by atoms with Crippen LogP contribution in [0.5, 0.6) is 11.5 Å². The highest BCUT2D eigenvalue weighted by Gasteiger charge is 2.28. The lowest BCUT2D eigenvalue weighted by Gasteiger charge is -2.13. The maximum Gasteiger partial charge on any atom is 0.347 e. The number of carbonyl (C=O) groups is 2. The number of Topliss-reactive ketones (excluding diaryl/α,β-unsaturated/α-hetero) is 1. The SMILES string of the molecule is CCOC(=O)C(C)Oc1ccc2c(c1)O/C(=C\c1cccc(F)c1)C2=O. The minimum atomic E-state index is -0.785. The smallest absolute Gasteiger partial charge is 0.347 e. The van der Waals surface area contributed by atoms with Gasteiger partial charge in [-0.25, -0.2) is 9.18 Å². The fourth-order valence-electron chi connectivity index (χ4n) is 2.50. The topological polar surface area (TPSA) is 61.8 Å². The quantitative estimate of drug-likeness (QED) is 0.603. The molecule has 2 aromatic rings. The van der Waals surface area contributed by atoms with E-state index in [0.717, 1.165) is 0 Å². The third kappa shape index (κ3) is 3.74. The number of allylic oxidation sites excluding steroid dienone is 1. The Labute approximate surface area is 150 Å². The molecule has 0 N–H and O–H groups in total. The average Bonchev–Trinajstić information content (AvgIpc) is 2.90. The first kappa shape index (κ1) is 17.7. The van der Waals surface area contributed by atoms with Crippen LogP contribution in [-0.2, 0) is 9.53 Å². The zero-order valence-corrected chi connectivity index (χ0v) is 14.3. The summed E-state index contributed by atoms with van der Waals surface area (Å²) in [7, 11) is 0. The van der Waals surface area contributed by atoms with Crippen LogP contribution in [0, 0.1) is 5.82 Å². The molecular formula is C20H17FO5. The Hall–Kier alpha value is -3.15. The summed E-state index contributed by atoms with van der Waals surface area (Å²) in [6, 6.07) is 10.5. The summed E-state index contributed by atoms with van der Waals surface area (Å²) in [5.41, 5.74) is 0.900. The first-order chi connectivity index (χ1) is 12.5. The molecule has 1 heterocycles. The minimum absolute atomic E-state index is 0.0983. The van der Waals surface area contributed by atoms with Crippen molar-refractivity contribution in [1.29, 1.82) is 0 Å². The van der Waals surface area contributed by atoms with Gasteiger partial charge in [-0.15, -0.1) is 0 Å². The molecule has 6 heteroatoms. The van der Waals surface area contributed by atoms with Gasteiger partial charge in [-0.05, 0) is 49.8 Å². The Balaban J connectivity index is 1.79. The summed E-state index contributed by atoms with van der Waals surface area (Å²) in [6.07, 6.45) is 0.695. The predicted octanol–water partition coefficient (Wildman–Crippen LogP) is 3.77. The molecule has 0 aliphatic carbocycles. The molecule has 2 aromatic carbocycles. The number of halogens is 1. The number of hydrogen-bond acceptors (Lipinski definition) is 5. The minimum Gasteiger partial charge on any atom is -0.479 e. The molecule has 0 bridgehead atoms. The van der Waals surface area contributed by atoms with E-state index in [1.54, 1.807) is 38.1 Å². The van der Waals surface area contributed by atoms with Crippen molar-refractivity contribution in [1.82, 2.24) is 0 Å². The van der Waals surface area contributed by atoms with Gasteiger partial charge in [-0.2, -0.15) is 0 Å². The van der Waals surface area contributed by atoms with E-state index in [1.165, 1.54) is 24.3 Å². The van der Waals surface area contributed by atoms with Crippen LogP contribution in [0.3, 0.4) is 0 Å². The van der Waals surface area contributed by atoms with E-state index in [0.29, 0.717) is 22.6 Å². The van der Waals surface area contributed by atoms with Gasteiger partial charge >= 0.3 is 5.97 Å². The Kier molecular flexibility index (Phi) is 5.02. The summed E-state index contributed by atoms with van der Waals surface area (Å²) in [6.45, 7) is 3.56. The first-order valence-electron chi connectivity index (χ1n) is 8.15. The van der Waals surface area contributed by atoms with Gasteiger partial charge in [0.1, 0.15) is 17.3 Å². The van der Waals surface area contributed by atoms with Crippen LogP contribution in [0.2, 0.25) is 0 Å². The van der Waals surface area contributed by atoms with Crippen LogP contribution in [0.15, 0.2) is 48.2 Å². The third-order valence-electron chi connectivity index (χ3n) is 3.72. The van der Waals surface area contributed by atoms with Gasteiger partial charge in [-0.3, -0.25) is 4.79 Å². The van der Waals surface area contributed by atoms with Crippen LogP contribution in [0.25, 0.3) is 6.08 Å². The fraction of sp³-hybridized carbons (Fsp3) is 0.200. The van der Waals surface area contributed by atoms with Crippen molar-refractivity contribution in [2.24, 2.45) is 0 Å². The van der Waals surface area contributed by atoms with Gasteiger partial charge in [0, 0.05) is 6.07 Å². The molecule has 1 unspecified atom stereocenters. The van der Waals surface area contributed by atoms with Crippen LogP contribution in [-0.4, -0.2) is 24.5 Å². The van der Waals surface area contributed by atoms with Crippen LogP contribution >= 0.6 is 0 Å². The van der Waals surface area contributed by atoms with E-state index in [2.05, 4.69) is 0 Å². The number of hydrogen-bond donors (Lipinski definition) is 0.